The highest BCUT2D eigenvalue weighted by Gasteiger charge is 2.51. The fraction of sp³-hybridized carbons (Fsp3) is 0.538. The van der Waals surface area contributed by atoms with Crippen LogP contribution in [0.25, 0.3) is 0 Å². The maximum absolute atomic E-state index is 12.5. The van der Waals surface area contributed by atoms with Crippen molar-refractivity contribution >= 4 is 5.91 Å². The molecule has 1 aliphatic carbocycles. The minimum atomic E-state index is -0.873. The van der Waals surface area contributed by atoms with Crippen molar-refractivity contribution in [3.05, 3.63) is 22.1 Å². The van der Waals surface area contributed by atoms with Crippen molar-refractivity contribution in [2.24, 2.45) is 5.92 Å². The van der Waals surface area contributed by atoms with Gasteiger partial charge in [0.2, 0.25) is 0 Å². The van der Waals surface area contributed by atoms with Gasteiger partial charge in [-0.05, 0) is 25.2 Å². The Morgan fingerprint density at radius 3 is 2.79 bits per heavy atom. The summed E-state index contributed by atoms with van der Waals surface area (Å²) in [6.45, 7) is 0.545. The fourth-order valence-corrected chi connectivity index (χ4v) is 3.97. The van der Waals surface area contributed by atoms with Crippen molar-refractivity contribution in [2.75, 3.05) is 0 Å². The molecule has 3 atom stereocenters. The number of amides is 1. The predicted octanol–water partition coefficient (Wildman–Crippen LogP) is 0.266. The first-order chi connectivity index (χ1) is 9.08. The van der Waals surface area contributed by atoms with Crippen LogP contribution >= 0.6 is 0 Å². The lowest BCUT2D eigenvalue weighted by Crippen LogP contribution is -2.51. The molecule has 2 N–H and O–H groups in total. The molecule has 1 saturated carbocycles. The Kier molecular flexibility index (Phi) is 1.90. The van der Waals surface area contributed by atoms with Gasteiger partial charge >= 0.3 is 0 Å². The first-order valence-corrected chi connectivity index (χ1v) is 6.56. The third-order valence-corrected chi connectivity index (χ3v) is 4.80. The van der Waals surface area contributed by atoms with Gasteiger partial charge in [-0.3, -0.25) is 9.59 Å². The molecular weight excluding hydrogens is 248 g/mol. The van der Waals surface area contributed by atoms with Crippen molar-refractivity contribution in [1.29, 1.82) is 0 Å². The van der Waals surface area contributed by atoms with E-state index in [0.29, 0.717) is 12.5 Å². The van der Waals surface area contributed by atoms with Crippen LogP contribution in [0.1, 0.15) is 29.8 Å². The van der Waals surface area contributed by atoms with Crippen molar-refractivity contribution in [2.45, 2.75) is 37.9 Å². The molecule has 6 heteroatoms. The van der Waals surface area contributed by atoms with Gasteiger partial charge in [0.05, 0.1) is 12.2 Å². The van der Waals surface area contributed by atoms with Gasteiger partial charge in [0.15, 0.2) is 17.2 Å². The Bertz CT molecular complexity index is 651. The molecule has 0 spiro atoms. The molecule has 3 aliphatic rings. The number of carbonyl (C=O) groups excluding carboxylic acids is 1. The van der Waals surface area contributed by atoms with E-state index in [4.69, 9.17) is 0 Å². The summed E-state index contributed by atoms with van der Waals surface area (Å²) in [6.07, 6.45) is 4.42. The Labute approximate surface area is 108 Å². The molecule has 2 fully saturated rings. The van der Waals surface area contributed by atoms with E-state index >= 15 is 0 Å². The molecule has 0 aromatic carbocycles. The van der Waals surface area contributed by atoms with Crippen LogP contribution in [-0.2, 0) is 6.54 Å². The van der Waals surface area contributed by atoms with Crippen molar-refractivity contribution < 1.29 is 15.0 Å². The third kappa shape index (κ3) is 1.21. The Morgan fingerprint density at radius 2 is 2.00 bits per heavy atom. The number of nitrogens with zero attached hydrogens (tertiary/aromatic N) is 2. The van der Waals surface area contributed by atoms with Crippen LogP contribution in [0.3, 0.4) is 0 Å². The number of aromatic nitrogens is 1. The smallest absolute Gasteiger partial charge is 0.275 e. The summed E-state index contributed by atoms with van der Waals surface area (Å²) in [5.41, 5.74) is -0.853. The van der Waals surface area contributed by atoms with Gasteiger partial charge in [0, 0.05) is 12.6 Å². The maximum atomic E-state index is 12.5. The van der Waals surface area contributed by atoms with Crippen molar-refractivity contribution in [3.63, 3.8) is 0 Å². The monoisotopic (exact) mass is 262 g/mol. The van der Waals surface area contributed by atoms with Gasteiger partial charge in [-0.25, -0.2) is 0 Å². The lowest BCUT2D eigenvalue weighted by Gasteiger charge is -2.40. The molecule has 2 aliphatic heterocycles. The van der Waals surface area contributed by atoms with Gasteiger partial charge in [-0.1, -0.05) is 0 Å². The molecule has 1 aromatic heterocycles. The van der Waals surface area contributed by atoms with Crippen molar-refractivity contribution in [1.82, 2.24) is 9.47 Å². The quantitative estimate of drug-likeness (QED) is 0.703. The van der Waals surface area contributed by atoms with E-state index < -0.39 is 16.9 Å². The maximum Gasteiger partial charge on any atom is 0.275 e. The topological polar surface area (TPSA) is 82.8 Å². The van der Waals surface area contributed by atoms with E-state index in [1.165, 1.54) is 10.8 Å². The van der Waals surface area contributed by atoms with Gasteiger partial charge in [-0.2, -0.15) is 0 Å². The zero-order valence-corrected chi connectivity index (χ0v) is 10.2. The highest BCUT2D eigenvalue weighted by atomic mass is 16.3. The second-order valence-corrected chi connectivity index (χ2v) is 5.70. The summed E-state index contributed by atoms with van der Waals surface area (Å²) in [4.78, 5) is 25.9. The molecule has 6 nitrogen and oxygen atoms in total. The minimum Gasteiger partial charge on any atom is -0.503 e. The standard InChI is InChI=1S/C13H14N2O4/c16-9-5-14-4-8-6-1-2-7(3-6)15(8)13(19)10(14)12(18)11(9)17/h5-8,16,18H,1-4H2/t6-,7+,8+/m0/s1. The van der Waals surface area contributed by atoms with Gasteiger partial charge in [-0.15, -0.1) is 0 Å². The van der Waals surface area contributed by atoms with Crippen LogP contribution < -0.4 is 5.43 Å². The average Bonchev–Trinajstić information content (AvgIpc) is 2.97. The van der Waals surface area contributed by atoms with Crippen LogP contribution in [0.15, 0.2) is 11.0 Å². The average molecular weight is 262 g/mol. The lowest BCUT2D eigenvalue weighted by molar-refractivity contribution is 0.0482. The molecule has 1 aromatic rings. The molecule has 3 heterocycles. The molecule has 0 unspecified atom stereocenters. The second-order valence-electron chi connectivity index (χ2n) is 5.70. The Balaban J connectivity index is 1.91. The molecule has 1 saturated heterocycles. The highest BCUT2D eigenvalue weighted by Crippen LogP contribution is 2.45. The van der Waals surface area contributed by atoms with Gasteiger partial charge in [0.25, 0.3) is 11.3 Å². The number of aromatic hydroxyl groups is 2. The summed E-state index contributed by atoms with van der Waals surface area (Å²) >= 11 is 0. The number of piperidine rings is 1. The largest absolute Gasteiger partial charge is 0.503 e. The first-order valence-electron chi connectivity index (χ1n) is 6.56. The van der Waals surface area contributed by atoms with E-state index in [-0.39, 0.29) is 23.7 Å². The van der Waals surface area contributed by atoms with E-state index in [1.54, 1.807) is 0 Å². The van der Waals surface area contributed by atoms with E-state index in [0.717, 1.165) is 19.3 Å². The van der Waals surface area contributed by atoms with Gasteiger partial charge in [0.1, 0.15) is 0 Å². The van der Waals surface area contributed by atoms with E-state index in [9.17, 15) is 19.8 Å². The highest BCUT2D eigenvalue weighted by molar-refractivity contribution is 5.96. The summed E-state index contributed by atoms with van der Waals surface area (Å²) in [5.74, 6) is -0.916. The summed E-state index contributed by atoms with van der Waals surface area (Å²) in [6, 6.07) is 0.389. The normalized spacial score (nSPS) is 31.5. The zero-order chi connectivity index (χ0) is 13.3. The molecule has 4 rings (SSSR count). The first kappa shape index (κ1) is 10.9. The zero-order valence-electron chi connectivity index (χ0n) is 10.2. The number of pyridine rings is 1. The number of rotatable bonds is 0. The molecule has 19 heavy (non-hydrogen) atoms. The Hall–Kier alpha value is -1.98. The summed E-state index contributed by atoms with van der Waals surface area (Å²) in [7, 11) is 0. The minimum absolute atomic E-state index is 0.0200. The predicted molar refractivity (Wildman–Crippen MR) is 65.1 cm³/mol. The molecule has 2 bridgehead atoms. The van der Waals surface area contributed by atoms with Crippen LogP contribution in [0.5, 0.6) is 11.5 Å². The van der Waals surface area contributed by atoms with Crippen LogP contribution in [-0.4, -0.2) is 37.7 Å². The Morgan fingerprint density at radius 1 is 1.21 bits per heavy atom. The van der Waals surface area contributed by atoms with Crippen LogP contribution in [0, 0.1) is 5.92 Å². The van der Waals surface area contributed by atoms with Gasteiger partial charge < -0.3 is 19.7 Å². The molecule has 1 amide bonds. The summed E-state index contributed by atoms with van der Waals surface area (Å²) in [5, 5.41) is 19.3. The van der Waals surface area contributed by atoms with E-state index in [1.807, 2.05) is 4.90 Å². The third-order valence-electron chi connectivity index (χ3n) is 4.80. The molecule has 100 valence electrons. The van der Waals surface area contributed by atoms with E-state index in [2.05, 4.69) is 0 Å². The van der Waals surface area contributed by atoms with Crippen LogP contribution in [0.2, 0.25) is 0 Å². The number of fused-ring (bicyclic) bond motifs is 6. The lowest BCUT2D eigenvalue weighted by atomic mass is 9.96. The van der Waals surface area contributed by atoms with Crippen LogP contribution in [0.4, 0.5) is 0 Å². The number of hydrogen-bond donors (Lipinski definition) is 2. The van der Waals surface area contributed by atoms with Crippen molar-refractivity contribution in [3.8, 4) is 11.5 Å². The SMILES string of the molecule is O=C1c2c(O)c(=O)c(O)cn2C[C@@H]2[C@H]3CC[C@H](C3)N12. The number of hydrogen-bond acceptors (Lipinski definition) is 4. The molecular formula is C13H14N2O4. The summed E-state index contributed by atoms with van der Waals surface area (Å²) < 4.78 is 1.52. The fourth-order valence-electron chi connectivity index (χ4n) is 3.97. The number of carbonyl (C=O) groups is 1. The molecule has 0 radical (unpaired) electrons. The second kappa shape index (κ2) is 3.31.